The van der Waals surface area contributed by atoms with Crippen molar-refractivity contribution in [3.05, 3.63) is 66.2 Å². The van der Waals surface area contributed by atoms with Gasteiger partial charge >= 0.3 is 0 Å². The van der Waals surface area contributed by atoms with Gasteiger partial charge in [0.05, 0.1) is 6.04 Å². The van der Waals surface area contributed by atoms with Crippen LogP contribution in [0.2, 0.25) is 0 Å². The van der Waals surface area contributed by atoms with Gasteiger partial charge in [-0.3, -0.25) is 4.99 Å². The van der Waals surface area contributed by atoms with Gasteiger partial charge in [-0.25, -0.2) is 0 Å². The Morgan fingerprint density at radius 3 is 2.54 bits per heavy atom. The standard InChI is InChI=1S/C24H23NO/c26-24-20(15-25-22-14-16-9-10-19(22)13-16)12-11-18-7-4-8-21(23(18)24)17-5-2-1-3-6-17/h1-8,11-12,15-16,19,22,26H,9-10,13-14H2. The Morgan fingerprint density at radius 1 is 0.885 bits per heavy atom. The van der Waals surface area contributed by atoms with E-state index >= 15 is 0 Å². The van der Waals surface area contributed by atoms with Crippen LogP contribution in [0.1, 0.15) is 31.2 Å². The Morgan fingerprint density at radius 2 is 1.77 bits per heavy atom. The van der Waals surface area contributed by atoms with Gasteiger partial charge in [-0.15, -0.1) is 0 Å². The quantitative estimate of drug-likeness (QED) is 0.598. The highest BCUT2D eigenvalue weighted by atomic mass is 16.3. The van der Waals surface area contributed by atoms with Crippen molar-refractivity contribution in [2.45, 2.75) is 31.7 Å². The number of aliphatic imine (C=N–C) groups is 1. The summed E-state index contributed by atoms with van der Waals surface area (Å²) in [5.41, 5.74) is 3.01. The highest BCUT2D eigenvalue weighted by molar-refractivity contribution is 6.05. The molecule has 130 valence electrons. The van der Waals surface area contributed by atoms with Crippen molar-refractivity contribution in [3.63, 3.8) is 0 Å². The summed E-state index contributed by atoms with van der Waals surface area (Å²) in [7, 11) is 0. The molecule has 1 N–H and O–H groups in total. The van der Waals surface area contributed by atoms with Gasteiger partial charge < -0.3 is 5.11 Å². The van der Waals surface area contributed by atoms with Crippen LogP contribution in [0.4, 0.5) is 0 Å². The summed E-state index contributed by atoms with van der Waals surface area (Å²) < 4.78 is 0. The van der Waals surface area contributed by atoms with Crippen LogP contribution in [-0.4, -0.2) is 17.4 Å². The summed E-state index contributed by atoms with van der Waals surface area (Å²) >= 11 is 0. The molecule has 26 heavy (non-hydrogen) atoms. The molecule has 2 aliphatic carbocycles. The van der Waals surface area contributed by atoms with E-state index in [4.69, 9.17) is 4.99 Å². The minimum atomic E-state index is 0.342. The summed E-state index contributed by atoms with van der Waals surface area (Å²) in [5, 5.41) is 13.0. The lowest BCUT2D eigenvalue weighted by Gasteiger charge is -2.17. The number of nitrogens with zero attached hydrogens (tertiary/aromatic N) is 1. The van der Waals surface area contributed by atoms with Crippen LogP contribution in [0.15, 0.2) is 65.7 Å². The first kappa shape index (κ1) is 15.6. The largest absolute Gasteiger partial charge is 0.507 e. The molecule has 2 nitrogen and oxygen atoms in total. The van der Waals surface area contributed by atoms with Gasteiger partial charge in [0.25, 0.3) is 0 Å². The van der Waals surface area contributed by atoms with Gasteiger partial charge in [0.1, 0.15) is 5.75 Å². The second-order valence-electron chi connectivity index (χ2n) is 7.79. The average Bonchev–Trinajstić information content (AvgIpc) is 3.31. The lowest BCUT2D eigenvalue weighted by atomic mass is 9.95. The van der Waals surface area contributed by atoms with E-state index in [1.807, 2.05) is 36.5 Å². The van der Waals surface area contributed by atoms with Crippen molar-refractivity contribution in [3.8, 4) is 16.9 Å². The molecule has 0 amide bonds. The van der Waals surface area contributed by atoms with Crippen LogP contribution in [0.25, 0.3) is 21.9 Å². The zero-order valence-corrected chi connectivity index (χ0v) is 14.8. The number of rotatable bonds is 3. The molecular formula is C24H23NO. The fourth-order valence-corrected chi connectivity index (χ4v) is 4.91. The number of aromatic hydroxyl groups is 1. The zero-order valence-electron chi connectivity index (χ0n) is 14.8. The molecule has 2 bridgehead atoms. The summed E-state index contributed by atoms with van der Waals surface area (Å²) in [6.45, 7) is 0. The van der Waals surface area contributed by atoms with Crippen LogP contribution < -0.4 is 0 Å². The highest BCUT2D eigenvalue weighted by Crippen LogP contribution is 2.46. The van der Waals surface area contributed by atoms with Crippen molar-refractivity contribution >= 4 is 17.0 Å². The molecule has 5 rings (SSSR count). The molecule has 0 spiro atoms. The van der Waals surface area contributed by atoms with Gasteiger partial charge in [-0.05, 0) is 53.7 Å². The van der Waals surface area contributed by atoms with Crippen LogP contribution in [0, 0.1) is 11.8 Å². The Balaban J connectivity index is 1.56. The van der Waals surface area contributed by atoms with Crippen LogP contribution in [-0.2, 0) is 0 Å². The predicted molar refractivity (Wildman–Crippen MR) is 108 cm³/mol. The Kier molecular flexibility index (Phi) is 3.77. The van der Waals surface area contributed by atoms with Crippen molar-refractivity contribution < 1.29 is 5.11 Å². The summed E-state index contributed by atoms with van der Waals surface area (Å²) in [4.78, 5) is 4.86. The molecular weight excluding hydrogens is 318 g/mol. The number of hydrogen-bond donors (Lipinski definition) is 1. The minimum absolute atomic E-state index is 0.342. The third kappa shape index (κ3) is 2.61. The maximum absolute atomic E-state index is 11.0. The van der Waals surface area contributed by atoms with E-state index in [-0.39, 0.29) is 0 Å². The molecule has 2 saturated carbocycles. The van der Waals surface area contributed by atoms with E-state index in [0.29, 0.717) is 11.8 Å². The first-order valence-corrected chi connectivity index (χ1v) is 9.63. The minimum Gasteiger partial charge on any atom is -0.507 e. The summed E-state index contributed by atoms with van der Waals surface area (Å²) in [6, 6.07) is 21.0. The number of phenolic OH excluding ortho intramolecular Hbond substituents is 1. The molecule has 0 radical (unpaired) electrons. The van der Waals surface area contributed by atoms with Crippen molar-refractivity contribution in [2.75, 3.05) is 0 Å². The Hall–Kier alpha value is -2.61. The van der Waals surface area contributed by atoms with E-state index < -0.39 is 0 Å². The third-order valence-corrected chi connectivity index (χ3v) is 6.24. The highest BCUT2D eigenvalue weighted by Gasteiger charge is 2.39. The molecule has 3 aromatic carbocycles. The van der Waals surface area contributed by atoms with Crippen LogP contribution in [0.3, 0.4) is 0 Å². The molecule has 2 heteroatoms. The number of fused-ring (bicyclic) bond motifs is 3. The van der Waals surface area contributed by atoms with Crippen molar-refractivity contribution in [2.24, 2.45) is 16.8 Å². The lowest BCUT2D eigenvalue weighted by Crippen LogP contribution is -2.14. The first-order valence-electron chi connectivity index (χ1n) is 9.63. The van der Waals surface area contributed by atoms with Gasteiger partial charge in [0, 0.05) is 17.2 Å². The molecule has 0 aliphatic heterocycles. The van der Waals surface area contributed by atoms with E-state index in [2.05, 4.69) is 30.3 Å². The fraction of sp³-hybridized carbons (Fsp3) is 0.292. The normalized spacial score (nSPS) is 24.7. The van der Waals surface area contributed by atoms with Crippen LogP contribution in [0.5, 0.6) is 5.75 Å². The Labute approximate surface area is 154 Å². The summed E-state index contributed by atoms with van der Waals surface area (Å²) in [5.74, 6) is 1.99. The van der Waals surface area contributed by atoms with Crippen molar-refractivity contribution in [1.29, 1.82) is 0 Å². The molecule has 0 heterocycles. The maximum Gasteiger partial charge on any atom is 0.132 e. The monoisotopic (exact) mass is 341 g/mol. The SMILES string of the molecule is Oc1c(C=NC2CC3CCC2C3)ccc2cccc(-c3ccccc3)c12. The molecule has 3 aromatic rings. The molecule has 2 fully saturated rings. The lowest BCUT2D eigenvalue weighted by molar-refractivity contribution is 0.421. The summed E-state index contributed by atoms with van der Waals surface area (Å²) in [6.07, 6.45) is 7.20. The average molecular weight is 341 g/mol. The van der Waals surface area contributed by atoms with Gasteiger partial charge in [0.15, 0.2) is 0 Å². The maximum atomic E-state index is 11.0. The van der Waals surface area contributed by atoms with E-state index in [1.54, 1.807) is 0 Å². The molecule has 2 aliphatic rings. The van der Waals surface area contributed by atoms with Crippen LogP contribution >= 0.6 is 0 Å². The Bertz CT molecular complexity index is 976. The number of benzene rings is 3. The fourth-order valence-electron chi connectivity index (χ4n) is 4.91. The van der Waals surface area contributed by atoms with E-state index in [9.17, 15) is 5.11 Å². The second kappa shape index (κ2) is 6.28. The van der Waals surface area contributed by atoms with Gasteiger partial charge in [-0.1, -0.05) is 61.0 Å². The van der Waals surface area contributed by atoms with E-state index in [1.165, 1.54) is 25.7 Å². The number of hydrogen-bond acceptors (Lipinski definition) is 2. The molecule has 0 aromatic heterocycles. The smallest absolute Gasteiger partial charge is 0.132 e. The first-order chi connectivity index (χ1) is 12.8. The topological polar surface area (TPSA) is 32.6 Å². The van der Waals surface area contributed by atoms with E-state index in [0.717, 1.165) is 39.3 Å². The molecule has 3 unspecified atom stereocenters. The molecule has 0 saturated heterocycles. The van der Waals surface area contributed by atoms with Gasteiger partial charge in [0.2, 0.25) is 0 Å². The predicted octanol–water partition coefficient (Wildman–Crippen LogP) is 5.82. The number of phenols is 1. The third-order valence-electron chi connectivity index (χ3n) is 6.24. The van der Waals surface area contributed by atoms with Crippen molar-refractivity contribution in [1.82, 2.24) is 0 Å². The van der Waals surface area contributed by atoms with Gasteiger partial charge in [-0.2, -0.15) is 0 Å². The zero-order chi connectivity index (χ0) is 17.5. The second-order valence-corrected chi connectivity index (χ2v) is 7.79. The molecule has 3 atom stereocenters.